The topological polar surface area (TPSA) is 75.6 Å². The van der Waals surface area contributed by atoms with Crippen LogP contribution in [-0.2, 0) is 9.59 Å². The summed E-state index contributed by atoms with van der Waals surface area (Å²) in [5.74, 6) is -1.57. The molecule has 0 saturated carbocycles. The molecule has 0 radical (unpaired) electrons. The molecule has 0 aromatic heterocycles. The van der Waals surface area contributed by atoms with Crippen LogP contribution in [0.1, 0.15) is 6.92 Å². The van der Waals surface area contributed by atoms with Gasteiger partial charge in [-0.3, -0.25) is 9.59 Å². The highest BCUT2D eigenvalue weighted by Gasteiger charge is 2.48. The van der Waals surface area contributed by atoms with E-state index in [2.05, 4.69) is 5.32 Å². The Morgan fingerprint density at radius 2 is 2.06 bits per heavy atom. The predicted octanol–water partition coefficient (Wildman–Crippen LogP) is 0.0874. The maximum Gasteiger partial charge on any atom is 0.326 e. The first kappa shape index (κ1) is 11.6. The Balaban J connectivity index is 2.03. The van der Waals surface area contributed by atoms with Crippen LogP contribution < -0.4 is 10.1 Å². The molecule has 1 aliphatic heterocycles. The van der Waals surface area contributed by atoms with E-state index >= 15 is 0 Å². The molecule has 0 spiro atoms. The van der Waals surface area contributed by atoms with E-state index in [9.17, 15) is 14.7 Å². The SMILES string of the molecule is C[C@@H](O)C1NC(=O)C1C(=O)Oc1ccccc1. The van der Waals surface area contributed by atoms with Gasteiger partial charge >= 0.3 is 5.97 Å². The van der Waals surface area contributed by atoms with Gasteiger partial charge in [0.05, 0.1) is 12.1 Å². The summed E-state index contributed by atoms with van der Waals surface area (Å²) in [5.41, 5.74) is 0. The third-order valence-electron chi connectivity index (χ3n) is 2.69. The van der Waals surface area contributed by atoms with Gasteiger partial charge in [0.15, 0.2) is 5.92 Å². The van der Waals surface area contributed by atoms with Crippen LogP contribution >= 0.6 is 0 Å². The number of benzene rings is 1. The highest BCUT2D eigenvalue weighted by Crippen LogP contribution is 2.21. The molecule has 1 amide bonds. The number of hydrogen-bond acceptors (Lipinski definition) is 4. The molecular formula is C12H13NO4. The summed E-state index contributed by atoms with van der Waals surface area (Å²) in [5, 5.41) is 11.8. The summed E-state index contributed by atoms with van der Waals surface area (Å²) in [6.07, 6.45) is -0.777. The second kappa shape index (κ2) is 4.55. The molecule has 17 heavy (non-hydrogen) atoms. The monoisotopic (exact) mass is 235 g/mol. The number of rotatable bonds is 3. The second-order valence-electron chi connectivity index (χ2n) is 3.99. The van der Waals surface area contributed by atoms with Crippen molar-refractivity contribution in [2.24, 2.45) is 5.92 Å². The first-order chi connectivity index (χ1) is 8.09. The number of aliphatic hydroxyl groups is 1. The lowest BCUT2D eigenvalue weighted by Crippen LogP contribution is -2.66. The zero-order valence-electron chi connectivity index (χ0n) is 9.29. The number of carbonyl (C=O) groups excluding carboxylic acids is 2. The number of β-lactam (4-membered cyclic amide) rings is 1. The Hall–Kier alpha value is -1.88. The summed E-state index contributed by atoms with van der Waals surface area (Å²) in [4.78, 5) is 23.0. The number of para-hydroxylation sites is 1. The van der Waals surface area contributed by atoms with E-state index in [1.807, 2.05) is 0 Å². The van der Waals surface area contributed by atoms with Crippen LogP contribution in [0.3, 0.4) is 0 Å². The summed E-state index contributed by atoms with van der Waals surface area (Å²) in [6, 6.07) is 7.97. The fraction of sp³-hybridized carbons (Fsp3) is 0.333. The van der Waals surface area contributed by atoms with E-state index in [1.165, 1.54) is 6.92 Å². The van der Waals surface area contributed by atoms with Crippen LogP contribution in [0.5, 0.6) is 5.75 Å². The lowest BCUT2D eigenvalue weighted by molar-refractivity contribution is -0.156. The molecule has 1 aromatic rings. The highest BCUT2D eigenvalue weighted by molar-refractivity contribution is 6.04. The van der Waals surface area contributed by atoms with E-state index in [0.29, 0.717) is 5.75 Å². The predicted molar refractivity (Wildman–Crippen MR) is 59.2 cm³/mol. The normalized spacial score (nSPS) is 24.5. The molecule has 2 N–H and O–H groups in total. The van der Waals surface area contributed by atoms with Crippen molar-refractivity contribution >= 4 is 11.9 Å². The van der Waals surface area contributed by atoms with Gasteiger partial charge in [-0.25, -0.2) is 0 Å². The van der Waals surface area contributed by atoms with Crippen molar-refractivity contribution < 1.29 is 19.4 Å². The number of nitrogens with one attached hydrogen (secondary N) is 1. The minimum atomic E-state index is -0.921. The number of aliphatic hydroxyl groups excluding tert-OH is 1. The van der Waals surface area contributed by atoms with Crippen LogP contribution in [0.15, 0.2) is 30.3 Å². The minimum Gasteiger partial charge on any atom is -0.426 e. The van der Waals surface area contributed by atoms with Gasteiger partial charge in [0.1, 0.15) is 5.75 Å². The van der Waals surface area contributed by atoms with Crippen LogP contribution in [0.25, 0.3) is 0 Å². The molecule has 5 heteroatoms. The van der Waals surface area contributed by atoms with E-state index < -0.39 is 29.9 Å². The molecule has 2 rings (SSSR count). The van der Waals surface area contributed by atoms with Gasteiger partial charge < -0.3 is 15.2 Å². The first-order valence-electron chi connectivity index (χ1n) is 5.35. The van der Waals surface area contributed by atoms with Gasteiger partial charge in [-0.15, -0.1) is 0 Å². The summed E-state index contributed by atoms with van der Waals surface area (Å²) >= 11 is 0. The molecular weight excluding hydrogens is 222 g/mol. The molecule has 5 nitrogen and oxygen atoms in total. The van der Waals surface area contributed by atoms with Crippen LogP contribution in [0.4, 0.5) is 0 Å². The van der Waals surface area contributed by atoms with Crippen molar-refractivity contribution in [3.8, 4) is 5.75 Å². The molecule has 90 valence electrons. The molecule has 1 aliphatic rings. The van der Waals surface area contributed by atoms with Crippen molar-refractivity contribution in [2.45, 2.75) is 19.1 Å². The molecule has 0 aliphatic carbocycles. The Kier molecular flexibility index (Phi) is 3.10. The molecule has 1 aromatic carbocycles. The summed E-state index contributed by atoms with van der Waals surface area (Å²) in [6.45, 7) is 1.52. The van der Waals surface area contributed by atoms with E-state index in [0.717, 1.165) is 0 Å². The van der Waals surface area contributed by atoms with E-state index in [4.69, 9.17) is 4.74 Å². The average molecular weight is 235 g/mol. The van der Waals surface area contributed by atoms with Gasteiger partial charge in [0.25, 0.3) is 0 Å². The smallest absolute Gasteiger partial charge is 0.326 e. The van der Waals surface area contributed by atoms with Crippen molar-refractivity contribution in [1.29, 1.82) is 0 Å². The van der Waals surface area contributed by atoms with Gasteiger partial charge in [-0.1, -0.05) is 18.2 Å². The molecule has 1 saturated heterocycles. The zero-order valence-corrected chi connectivity index (χ0v) is 9.29. The van der Waals surface area contributed by atoms with Gasteiger partial charge in [-0.05, 0) is 19.1 Å². The maximum atomic E-state index is 11.7. The van der Waals surface area contributed by atoms with Crippen molar-refractivity contribution in [3.05, 3.63) is 30.3 Å². The zero-order chi connectivity index (χ0) is 12.4. The highest BCUT2D eigenvalue weighted by atomic mass is 16.5. The number of esters is 1. The Bertz CT molecular complexity index is 429. The average Bonchev–Trinajstić information content (AvgIpc) is 2.26. The number of amides is 1. The molecule has 1 heterocycles. The molecule has 2 unspecified atom stereocenters. The number of carbonyl (C=O) groups is 2. The minimum absolute atomic E-state index is 0.390. The summed E-state index contributed by atoms with van der Waals surface area (Å²) in [7, 11) is 0. The third-order valence-corrected chi connectivity index (χ3v) is 2.69. The van der Waals surface area contributed by atoms with Gasteiger partial charge in [0.2, 0.25) is 5.91 Å². The number of hydrogen-bond donors (Lipinski definition) is 2. The van der Waals surface area contributed by atoms with Crippen molar-refractivity contribution in [3.63, 3.8) is 0 Å². The molecule has 3 atom stereocenters. The van der Waals surface area contributed by atoms with Gasteiger partial charge in [0, 0.05) is 0 Å². The number of ether oxygens (including phenoxy) is 1. The van der Waals surface area contributed by atoms with E-state index in [1.54, 1.807) is 30.3 Å². The Morgan fingerprint density at radius 3 is 2.59 bits per heavy atom. The second-order valence-corrected chi connectivity index (χ2v) is 3.99. The largest absolute Gasteiger partial charge is 0.426 e. The lowest BCUT2D eigenvalue weighted by atomic mass is 9.87. The van der Waals surface area contributed by atoms with Crippen molar-refractivity contribution in [1.82, 2.24) is 5.32 Å². The molecule has 0 bridgehead atoms. The summed E-state index contributed by atoms with van der Waals surface area (Å²) < 4.78 is 5.06. The standard InChI is InChI=1S/C12H13NO4/c1-7(14)10-9(11(15)13-10)12(16)17-8-5-3-2-4-6-8/h2-7,9-10,14H,1H3,(H,13,15)/t7-,9?,10?/m1/s1. The van der Waals surface area contributed by atoms with Gasteiger partial charge in [-0.2, -0.15) is 0 Å². The van der Waals surface area contributed by atoms with E-state index in [-0.39, 0.29) is 0 Å². The van der Waals surface area contributed by atoms with Crippen molar-refractivity contribution in [2.75, 3.05) is 0 Å². The quantitative estimate of drug-likeness (QED) is 0.337. The fourth-order valence-corrected chi connectivity index (χ4v) is 1.73. The van der Waals surface area contributed by atoms with Crippen LogP contribution in [0.2, 0.25) is 0 Å². The Morgan fingerprint density at radius 1 is 1.41 bits per heavy atom. The fourth-order valence-electron chi connectivity index (χ4n) is 1.73. The maximum absolute atomic E-state index is 11.7. The Labute approximate surface area is 98.4 Å². The first-order valence-corrected chi connectivity index (χ1v) is 5.35. The molecule has 1 fully saturated rings. The van der Waals surface area contributed by atoms with Crippen LogP contribution in [0, 0.1) is 5.92 Å². The van der Waals surface area contributed by atoms with Crippen LogP contribution in [-0.4, -0.2) is 29.1 Å². The third kappa shape index (κ3) is 2.29. The lowest BCUT2D eigenvalue weighted by Gasteiger charge is -2.36.